The van der Waals surface area contributed by atoms with E-state index >= 15 is 0 Å². The van der Waals surface area contributed by atoms with E-state index in [4.69, 9.17) is 21.9 Å². The molecular formula is C24H27N3O2S. The minimum absolute atomic E-state index is 0.0361. The Balaban J connectivity index is 1.69. The van der Waals surface area contributed by atoms with Gasteiger partial charge in [0, 0.05) is 30.7 Å². The van der Waals surface area contributed by atoms with Crippen LogP contribution in [-0.2, 0) is 4.74 Å². The molecule has 1 saturated heterocycles. The van der Waals surface area contributed by atoms with Gasteiger partial charge in [-0.2, -0.15) is 0 Å². The SMILES string of the molecule is Cc1ccccc1NC1=NC(=S)N(CC(=O)c2ccccc2)[C@@]12CCOC(C)(C)C2. The van der Waals surface area contributed by atoms with Crippen molar-refractivity contribution in [1.29, 1.82) is 0 Å². The van der Waals surface area contributed by atoms with Crippen LogP contribution in [0.15, 0.2) is 59.6 Å². The van der Waals surface area contributed by atoms with Gasteiger partial charge in [-0.1, -0.05) is 48.5 Å². The highest BCUT2D eigenvalue weighted by atomic mass is 32.1. The summed E-state index contributed by atoms with van der Waals surface area (Å²) in [5, 5.41) is 3.99. The molecule has 4 rings (SSSR count). The maximum absolute atomic E-state index is 13.0. The maximum atomic E-state index is 13.0. The molecular weight excluding hydrogens is 394 g/mol. The second-order valence-electron chi connectivity index (χ2n) is 8.62. The van der Waals surface area contributed by atoms with Gasteiger partial charge in [-0.3, -0.25) is 4.79 Å². The molecule has 0 aromatic heterocycles. The lowest BCUT2D eigenvalue weighted by molar-refractivity contribution is -0.0860. The Morgan fingerprint density at radius 2 is 1.87 bits per heavy atom. The van der Waals surface area contributed by atoms with Crippen molar-refractivity contribution < 1.29 is 9.53 Å². The Morgan fingerprint density at radius 1 is 1.17 bits per heavy atom. The summed E-state index contributed by atoms with van der Waals surface area (Å²) in [5.41, 5.74) is 1.97. The van der Waals surface area contributed by atoms with Gasteiger partial charge in [0.05, 0.1) is 12.1 Å². The van der Waals surface area contributed by atoms with Crippen molar-refractivity contribution in [3.05, 3.63) is 65.7 Å². The third-order valence-electron chi connectivity index (χ3n) is 5.92. The van der Waals surface area contributed by atoms with Crippen LogP contribution in [0.1, 0.15) is 42.6 Å². The van der Waals surface area contributed by atoms with Gasteiger partial charge in [-0.05, 0) is 44.6 Å². The van der Waals surface area contributed by atoms with E-state index in [9.17, 15) is 4.79 Å². The summed E-state index contributed by atoms with van der Waals surface area (Å²) in [5.74, 6) is 0.841. The standard InChI is InChI=1S/C24H27N3O2S/c1-17-9-7-8-12-19(17)25-21-24(13-14-29-23(2,3)16-24)27(22(30)26-21)15-20(28)18-10-5-4-6-11-18/h4-12H,13-16H2,1-3H3,(H,25,26,30)/t24-/m1/s1. The number of ketones is 1. The van der Waals surface area contributed by atoms with Crippen LogP contribution < -0.4 is 5.32 Å². The third-order valence-corrected chi connectivity index (χ3v) is 6.23. The predicted molar refractivity (Wildman–Crippen MR) is 124 cm³/mol. The van der Waals surface area contributed by atoms with Gasteiger partial charge >= 0.3 is 0 Å². The Morgan fingerprint density at radius 3 is 2.57 bits per heavy atom. The molecule has 30 heavy (non-hydrogen) atoms. The van der Waals surface area contributed by atoms with Crippen LogP contribution in [0.5, 0.6) is 0 Å². The van der Waals surface area contributed by atoms with Crippen molar-refractivity contribution in [3.63, 3.8) is 0 Å². The van der Waals surface area contributed by atoms with Crippen molar-refractivity contribution in [2.75, 3.05) is 18.5 Å². The molecule has 6 heteroatoms. The van der Waals surface area contributed by atoms with Gasteiger partial charge in [0.2, 0.25) is 0 Å². The molecule has 0 aliphatic carbocycles. The van der Waals surface area contributed by atoms with E-state index in [2.05, 4.69) is 32.2 Å². The summed E-state index contributed by atoms with van der Waals surface area (Å²) in [4.78, 5) is 19.8. The first-order valence-electron chi connectivity index (χ1n) is 10.3. The van der Waals surface area contributed by atoms with Crippen LogP contribution in [0.4, 0.5) is 5.69 Å². The number of aliphatic imine (C=N–C) groups is 1. The van der Waals surface area contributed by atoms with Crippen molar-refractivity contribution in [2.45, 2.75) is 44.8 Å². The number of thiocarbonyl (C=S) groups is 1. The summed E-state index contributed by atoms with van der Waals surface area (Å²) in [7, 11) is 0. The summed E-state index contributed by atoms with van der Waals surface area (Å²) in [6.45, 7) is 7.00. The average molecular weight is 422 g/mol. The molecule has 2 heterocycles. The second kappa shape index (κ2) is 7.93. The van der Waals surface area contributed by atoms with Crippen LogP contribution in [0.25, 0.3) is 0 Å². The van der Waals surface area contributed by atoms with Gasteiger partial charge < -0.3 is 15.0 Å². The molecule has 2 aliphatic rings. The number of benzene rings is 2. The topological polar surface area (TPSA) is 53.9 Å². The number of nitrogens with zero attached hydrogens (tertiary/aromatic N) is 2. The Kier molecular flexibility index (Phi) is 5.47. The highest BCUT2D eigenvalue weighted by Gasteiger charge is 2.53. The van der Waals surface area contributed by atoms with E-state index in [0.29, 0.717) is 23.7 Å². The summed E-state index contributed by atoms with van der Waals surface area (Å²) in [6, 6.07) is 17.5. The summed E-state index contributed by atoms with van der Waals surface area (Å²) in [6.07, 6.45) is 1.41. The molecule has 0 amide bonds. The summed E-state index contributed by atoms with van der Waals surface area (Å²) >= 11 is 5.67. The van der Waals surface area contributed by atoms with E-state index in [1.54, 1.807) is 0 Å². The maximum Gasteiger partial charge on any atom is 0.198 e. The molecule has 1 spiro atoms. The number of carbonyl (C=O) groups is 1. The van der Waals surface area contributed by atoms with E-state index in [1.807, 2.05) is 53.4 Å². The summed E-state index contributed by atoms with van der Waals surface area (Å²) < 4.78 is 6.01. The predicted octanol–water partition coefficient (Wildman–Crippen LogP) is 4.62. The van der Waals surface area contributed by atoms with E-state index in [-0.39, 0.29) is 17.9 Å². The molecule has 2 aromatic carbocycles. The number of Topliss-reactive ketones (excluding diaryl/α,β-unsaturated/α-hetero) is 1. The molecule has 0 bridgehead atoms. The molecule has 0 saturated carbocycles. The van der Waals surface area contributed by atoms with Crippen LogP contribution in [0.2, 0.25) is 0 Å². The van der Waals surface area contributed by atoms with Crippen LogP contribution in [0.3, 0.4) is 0 Å². The van der Waals surface area contributed by atoms with Crippen molar-refractivity contribution in [1.82, 2.24) is 4.90 Å². The number of carbonyl (C=O) groups excluding carboxylic acids is 1. The largest absolute Gasteiger partial charge is 0.375 e. The molecule has 1 N–H and O–H groups in total. The fraction of sp³-hybridized carbons (Fsp3) is 0.375. The number of amidine groups is 1. The molecule has 1 fully saturated rings. The quantitative estimate of drug-likeness (QED) is 0.577. The van der Waals surface area contributed by atoms with Crippen molar-refractivity contribution in [3.8, 4) is 0 Å². The van der Waals surface area contributed by atoms with Crippen LogP contribution in [-0.4, -0.2) is 45.9 Å². The van der Waals surface area contributed by atoms with Crippen molar-refractivity contribution in [2.24, 2.45) is 4.99 Å². The number of hydrogen-bond donors (Lipinski definition) is 1. The number of rotatable bonds is 4. The molecule has 156 valence electrons. The number of anilines is 1. The smallest absolute Gasteiger partial charge is 0.198 e. The van der Waals surface area contributed by atoms with Crippen LogP contribution >= 0.6 is 12.2 Å². The first-order chi connectivity index (χ1) is 14.3. The zero-order valence-electron chi connectivity index (χ0n) is 17.6. The van der Waals surface area contributed by atoms with E-state index < -0.39 is 5.54 Å². The van der Waals surface area contributed by atoms with Gasteiger partial charge in [0.15, 0.2) is 10.9 Å². The lowest BCUT2D eigenvalue weighted by Gasteiger charge is -2.48. The minimum Gasteiger partial charge on any atom is -0.375 e. The molecule has 2 aromatic rings. The van der Waals surface area contributed by atoms with E-state index in [1.165, 1.54) is 0 Å². The fourth-order valence-electron chi connectivity index (χ4n) is 4.41. The molecule has 2 aliphatic heterocycles. The second-order valence-corrected chi connectivity index (χ2v) is 8.99. The Hall–Kier alpha value is -2.57. The zero-order chi connectivity index (χ0) is 21.4. The lowest BCUT2D eigenvalue weighted by Crippen LogP contribution is -2.61. The van der Waals surface area contributed by atoms with Crippen LogP contribution in [0, 0.1) is 6.92 Å². The number of para-hydroxylation sites is 1. The number of aryl methyl sites for hydroxylation is 1. The lowest BCUT2D eigenvalue weighted by atomic mass is 9.79. The van der Waals surface area contributed by atoms with Gasteiger partial charge in [0.25, 0.3) is 0 Å². The van der Waals surface area contributed by atoms with E-state index in [0.717, 1.165) is 23.5 Å². The van der Waals surface area contributed by atoms with Gasteiger partial charge in [-0.25, -0.2) is 4.99 Å². The number of ether oxygens (including phenoxy) is 1. The van der Waals surface area contributed by atoms with Gasteiger partial charge in [-0.15, -0.1) is 0 Å². The van der Waals surface area contributed by atoms with Gasteiger partial charge in [0.1, 0.15) is 11.4 Å². The zero-order valence-corrected chi connectivity index (χ0v) is 18.5. The Labute approximate surface area is 183 Å². The molecule has 1 atom stereocenters. The third kappa shape index (κ3) is 3.89. The highest BCUT2D eigenvalue weighted by molar-refractivity contribution is 7.80. The monoisotopic (exact) mass is 421 g/mol. The average Bonchev–Trinajstić information content (AvgIpc) is 2.94. The number of hydrogen-bond acceptors (Lipinski definition) is 4. The normalized spacial score (nSPS) is 22.8. The Bertz CT molecular complexity index is 1000. The molecule has 5 nitrogen and oxygen atoms in total. The minimum atomic E-state index is -0.494. The van der Waals surface area contributed by atoms with Crippen molar-refractivity contribution >= 4 is 34.6 Å². The first-order valence-corrected chi connectivity index (χ1v) is 10.7. The first kappa shape index (κ1) is 20.7. The molecule has 0 radical (unpaired) electrons. The fourth-order valence-corrected chi connectivity index (χ4v) is 4.74. The number of nitrogens with one attached hydrogen (secondary N) is 1. The molecule has 0 unspecified atom stereocenters. The highest BCUT2D eigenvalue weighted by Crippen LogP contribution is 2.41.